The minimum absolute atomic E-state index is 0.0761. The van der Waals surface area contributed by atoms with E-state index in [1.54, 1.807) is 20.9 Å². The lowest BCUT2D eigenvalue weighted by atomic mass is 9.83. The van der Waals surface area contributed by atoms with Crippen LogP contribution in [0.4, 0.5) is 0 Å². The minimum atomic E-state index is -1.31. The maximum Gasteiger partial charge on any atom is 0.240 e. The van der Waals surface area contributed by atoms with Crippen LogP contribution in [0, 0.1) is 0 Å². The van der Waals surface area contributed by atoms with Crippen molar-refractivity contribution >= 4 is 5.91 Å². The highest BCUT2D eigenvalue weighted by molar-refractivity contribution is 5.82. The number of carbonyl (C=O) groups is 1. The molecule has 0 radical (unpaired) electrons. The van der Waals surface area contributed by atoms with Gasteiger partial charge in [0.15, 0.2) is 6.29 Å². The van der Waals surface area contributed by atoms with E-state index in [-0.39, 0.29) is 25.0 Å². The van der Waals surface area contributed by atoms with Crippen LogP contribution in [0.1, 0.15) is 33.6 Å². The van der Waals surface area contributed by atoms with Crippen LogP contribution in [0.3, 0.4) is 0 Å². The van der Waals surface area contributed by atoms with Crippen LogP contribution in [0.2, 0.25) is 0 Å². The third-order valence-electron chi connectivity index (χ3n) is 7.05. The third-order valence-corrected chi connectivity index (χ3v) is 7.05. The fourth-order valence-corrected chi connectivity index (χ4v) is 5.07. The van der Waals surface area contributed by atoms with Gasteiger partial charge in [-0.1, -0.05) is 6.92 Å². The zero-order valence-corrected chi connectivity index (χ0v) is 21.9. The highest BCUT2D eigenvalue weighted by atomic mass is 16.7. The lowest BCUT2D eigenvalue weighted by Crippen LogP contribution is -2.69. The molecule has 2 unspecified atom stereocenters. The van der Waals surface area contributed by atoms with Crippen LogP contribution in [0.5, 0.6) is 0 Å². The average Bonchev–Trinajstić information content (AvgIpc) is 2.81. The van der Waals surface area contributed by atoms with Gasteiger partial charge in [0.1, 0.15) is 36.3 Å². The van der Waals surface area contributed by atoms with Crippen LogP contribution >= 0.6 is 0 Å². The molecule has 2 aliphatic heterocycles. The summed E-state index contributed by atoms with van der Waals surface area (Å²) in [5.41, 5.74) is 17.4. The molecule has 14 heteroatoms. The Bertz CT molecular complexity index is 801. The van der Waals surface area contributed by atoms with Gasteiger partial charge in [0, 0.05) is 18.5 Å². The van der Waals surface area contributed by atoms with Crippen LogP contribution in [0.25, 0.3) is 0 Å². The van der Waals surface area contributed by atoms with Gasteiger partial charge >= 0.3 is 0 Å². The monoisotopic (exact) mass is 532 g/mol. The maximum atomic E-state index is 11.9. The van der Waals surface area contributed by atoms with Crippen LogP contribution in [0.15, 0.2) is 12.0 Å². The predicted molar refractivity (Wildman–Crippen MR) is 132 cm³/mol. The van der Waals surface area contributed by atoms with Gasteiger partial charge in [-0.2, -0.15) is 0 Å². The van der Waals surface area contributed by atoms with Gasteiger partial charge in [0.25, 0.3) is 0 Å². The predicted octanol–water partition coefficient (Wildman–Crippen LogP) is -3.74. The molecule has 12 atom stereocenters. The number of aliphatic hydroxyl groups excluding tert-OH is 2. The summed E-state index contributed by atoms with van der Waals surface area (Å²) in [6.07, 6.45) is -4.24. The lowest BCUT2D eigenvalue weighted by Gasteiger charge is -2.48. The second kappa shape index (κ2) is 12.6. The molecule has 0 aromatic rings. The SMILES string of the molecule is CCN[C@@H]1C[C@H](N)[C@@H](OC2OC=C(NC(=O)C(C)N)C[C@H]2N)[C@H](O)[C@H]1O[C@H]1OC[C@](C)(O)[C@H](NC)[C@H]1O. The van der Waals surface area contributed by atoms with Gasteiger partial charge in [-0.05, 0) is 33.9 Å². The Kier molecular flexibility index (Phi) is 10.3. The van der Waals surface area contributed by atoms with Gasteiger partial charge in [-0.25, -0.2) is 0 Å². The first-order chi connectivity index (χ1) is 17.4. The molecule has 14 nitrogen and oxygen atoms in total. The van der Waals surface area contributed by atoms with Gasteiger partial charge in [0.2, 0.25) is 12.2 Å². The van der Waals surface area contributed by atoms with E-state index in [1.165, 1.54) is 6.26 Å². The van der Waals surface area contributed by atoms with Crippen molar-refractivity contribution in [2.75, 3.05) is 20.2 Å². The molecular formula is C23H44N6O8. The number of likely N-dealkylation sites (N-methyl/N-ethyl adjacent to an activating group) is 2. The lowest BCUT2D eigenvalue weighted by molar-refractivity contribution is -0.304. The van der Waals surface area contributed by atoms with Crippen LogP contribution < -0.4 is 33.2 Å². The molecule has 1 saturated heterocycles. The van der Waals surface area contributed by atoms with Crippen molar-refractivity contribution < 1.29 is 39.1 Å². The Balaban J connectivity index is 1.71. The Labute approximate surface area is 217 Å². The van der Waals surface area contributed by atoms with Crippen molar-refractivity contribution in [3.05, 3.63) is 12.0 Å². The van der Waals surface area contributed by atoms with Crippen molar-refractivity contribution in [1.82, 2.24) is 16.0 Å². The number of aliphatic hydroxyl groups is 3. The fourth-order valence-electron chi connectivity index (χ4n) is 5.07. The largest absolute Gasteiger partial charge is 0.469 e. The number of ether oxygens (including phenoxy) is 4. The van der Waals surface area contributed by atoms with E-state index >= 15 is 0 Å². The normalized spacial score (nSPS) is 43.5. The van der Waals surface area contributed by atoms with Crippen LogP contribution in [-0.2, 0) is 23.7 Å². The van der Waals surface area contributed by atoms with E-state index in [9.17, 15) is 20.1 Å². The summed E-state index contributed by atoms with van der Waals surface area (Å²) in [6, 6.07) is -3.00. The Morgan fingerprint density at radius 1 is 1.22 bits per heavy atom. The summed E-state index contributed by atoms with van der Waals surface area (Å²) >= 11 is 0. The summed E-state index contributed by atoms with van der Waals surface area (Å²) in [4.78, 5) is 11.9. The van der Waals surface area contributed by atoms with Crippen molar-refractivity contribution in [3.8, 4) is 0 Å². The quantitative estimate of drug-likeness (QED) is 0.139. The van der Waals surface area contributed by atoms with Gasteiger partial charge in [-0.15, -0.1) is 0 Å². The first-order valence-corrected chi connectivity index (χ1v) is 12.7. The molecule has 12 N–H and O–H groups in total. The number of amides is 1. The molecule has 3 aliphatic rings. The Morgan fingerprint density at radius 3 is 2.49 bits per heavy atom. The summed E-state index contributed by atoms with van der Waals surface area (Å²) in [5, 5.41) is 41.5. The molecule has 214 valence electrons. The number of nitrogens with two attached hydrogens (primary N) is 3. The van der Waals surface area contributed by atoms with E-state index in [1.807, 2.05) is 6.92 Å². The molecule has 0 aromatic carbocycles. The van der Waals surface area contributed by atoms with Crippen molar-refractivity contribution in [1.29, 1.82) is 0 Å². The first-order valence-electron chi connectivity index (χ1n) is 12.7. The van der Waals surface area contributed by atoms with E-state index in [4.69, 9.17) is 36.1 Å². The average molecular weight is 533 g/mol. The van der Waals surface area contributed by atoms with E-state index in [2.05, 4.69) is 16.0 Å². The molecule has 2 heterocycles. The summed E-state index contributed by atoms with van der Waals surface area (Å²) in [5.74, 6) is -0.366. The van der Waals surface area contributed by atoms with E-state index in [0.29, 0.717) is 18.7 Å². The van der Waals surface area contributed by atoms with Crippen molar-refractivity contribution in [2.45, 2.75) is 106 Å². The maximum absolute atomic E-state index is 11.9. The minimum Gasteiger partial charge on any atom is -0.469 e. The second-order valence-corrected chi connectivity index (χ2v) is 10.3. The van der Waals surface area contributed by atoms with Crippen LogP contribution in [-0.4, -0.2) is 114 Å². The zero-order valence-electron chi connectivity index (χ0n) is 21.9. The molecule has 0 spiro atoms. The van der Waals surface area contributed by atoms with E-state index in [0.717, 1.165) is 0 Å². The Morgan fingerprint density at radius 2 is 1.89 bits per heavy atom. The Hall–Kier alpha value is -1.43. The topological polar surface area (TPSA) is 229 Å². The van der Waals surface area contributed by atoms with Gasteiger partial charge in [-0.3, -0.25) is 4.79 Å². The summed E-state index contributed by atoms with van der Waals surface area (Å²) in [6.45, 7) is 5.56. The molecule has 1 aliphatic carbocycles. The number of carbonyl (C=O) groups excluding carboxylic acids is 1. The molecule has 1 amide bonds. The van der Waals surface area contributed by atoms with E-state index < -0.39 is 66.8 Å². The molecule has 0 bridgehead atoms. The number of hydrogen-bond acceptors (Lipinski definition) is 13. The smallest absolute Gasteiger partial charge is 0.240 e. The highest BCUT2D eigenvalue weighted by Gasteiger charge is 2.51. The second-order valence-electron chi connectivity index (χ2n) is 10.3. The standard InChI is InChI=1S/C23H44N6O8/c1-5-28-14-7-12(25)17(36-21-13(26)6-11(8-34-21)29-20(32)10(2)24)15(30)18(14)37-22-16(31)19(27-4)23(3,33)9-35-22/h8,10,12-19,21-22,27-28,30-31,33H,5-7,9,24-26H2,1-4H3,(H,29,32)/t10?,12-,13+,14+,15-,16+,17+,18-,19+,21?,22+,23-/m0/s1. The molecule has 3 rings (SSSR count). The summed E-state index contributed by atoms with van der Waals surface area (Å²) in [7, 11) is 1.62. The zero-order chi connectivity index (χ0) is 27.5. The number of hydrogen-bond donors (Lipinski definition) is 9. The molecule has 2 fully saturated rings. The first kappa shape index (κ1) is 30.1. The van der Waals surface area contributed by atoms with Gasteiger partial charge in [0.05, 0.1) is 30.4 Å². The fraction of sp³-hybridized carbons (Fsp3) is 0.870. The van der Waals surface area contributed by atoms with Crippen molar-refractivity contribution in [3.63, 3.8) is 0 Å². The highest BCUT2D eigenvalue weighted by Crippen LogP contribution is 2.31. The molecule has 0 aromatic heterocycles. The third kappa shape index (κ3) is 6.96. The molecule has 1 saturated carbocycles. The van der Waals surface area contributed by atoms with Gasteiger partial charge < -0.3 is 67.4 Å². The molecule has 37 heavy (non-hydrogen) atoms. The number of rotatable bonds is 9. The number of nitrogens with one attached hydrogen (secondary N) is 3. The van der Waals surface area contributed by atoms with Crippen molar-refractivity contribution in [2.24, 2.45) is 17.2 Å². The molecular weight excluding hydrogens is 488 g/mol. The summed E-state index contributed by atoms with van der Waals surface area (Å²) < 4.78 is 23.4.